The molecule has 0 aromatic carbocycles. The van der Waals surface area contributed by atoms with Crippen LogP contribution in [0.25, 0.3) is 0 Å². The first-order valence-electron chi connectivity index (χ1n) is 8.29. The van der Waals surface area contributed by atoms with Gasteiger partial charge in [-0.15, -0.1) is 36.2 Å². The Morgan fingerprint density at radius 3 is 3.00 bits per heavy atom. The van der Waals surface area contributed by atoms with E-state index in [0.29, 0.717) is 18.9 Å². The van der Waals surface area contributed by atoms with Gasteiger partial charge in [-0.2, -0.15) is 0 Å². The van der Waals surface area contributed by atoms with Gasteiger partial charge < -0.3 is 15.0 Å². The standard InChI is InChI=1S/C16H25N3O2S.2ClH/c1-2-13-11-22-16(18-13)12-4-3-6-19(9-12)15(20)8-14-10-21-7-5-17-14;;/h11-12,14,17H,2-10H2,1H3;2*1H. The third-order valence-corrected chi connectivity index (χ3v) is 5.53. The average molecular weight is 396 g/mol. The molecule has 138 valence electrons. The summed E-state index contributed by atoms with van der Waals surface area (Å²) in [6.07, 6.45) is 3.75. The third kappa shape index (κ3) is 5.56. The van der Waals surface area contributed by atoms with Crippen LogP contribution >= 0.6 is 36.2 Å². The number of ether oxygens (including phenoxy) is 1. The first-order chi connectivity index (χ1) is 10.8. The van der Waals surface area contributed by atoms with Crippen molar-refractivity contribution in [1.29, 1.82) is 0 Å². The summed E-state index contributed by atoms with van der Waals surface area (Å²) in [5.74, 6) is 0.665. The van der Waals surface area contributed by atoms with E-state index in [4.69, 9.17) is 9.72 Å². The molecule has 2 aliphatic heterocycles. The highest BCUT2D eigenvalue weighted by Gasteiger charge is 2.28. The first-order valence-corrected chi connectivity index (χ1v) is 9.17. The Hall–Kier alpha value is -0.400. The lowest BCUT2D eigenvalue weighted by atomic mass is 9.98. The smallest absolute Gasteiger partial charge is 0.224 e. The summed E-state index contributed by atoms with van der Waals surface area (Å²) in [6, 6.07) is 0.174. The lowest BCUT2D eigenvalue weighted by Crippen LogP contribution is -2.46. The number of aromatic nitrogens is 1. The molecule has 0 bridgehead atoms. The van der Waals surface area contributed by atoms with Crippen LogP contribution in [0, 0.1) is 0 Å². The number of thiazole rings is 1. The van der Waals surface area contributed by atoms with Crippen LogP contribution in [0.4, 0.5) is 0 Å². The third-order valence-electron chi connectivity index (χ3n) is 4.47. The molecule has 0 radical (unpaired) electrons. The van der Waals surface area contributed by atoms with Crippen molar-refractivity contribution in [2.45, 2.75) is 44.6 Å². The van der Waals surface area contributed by atoms with Crippen LogP contribution in [0.1, 0.15) is 42.8 Å². The fourth-order valence-electron chi connectivity index (χ4n) is 3.17. The Bertz CT molecular complexity index is 509. The van der Waals surface area contributed by atoms with Gasteiger partial charge in [-0.3, -0.25) is 4.79 Å². The SMILES string of the molecule is CCc1csc(C2CCCN(C(=O)CC3COCCN3)C2)n1.Cl.Cl. The van der Waals surface area contributed by atoms with E-state index >= 15 is 0 Å². The van der Waals surface area contributed by atoms with Gasteiger partial charge in [0.2, 0.25) is 5.91 Å². The summed E-state index contributed by atoms with van der Waals surface area (Å²) in [6.45, 7) is 6.09. The molecular formula is C16H27Cl2N3O2S. The molecule has 2 aliphatic rings. The largest absolute Gasteiger partial charge is 0.378 e. The Morgan fingerprint density at radius 2 is 2.33 bits per heavy atom. The molecule has 2 unspecified atom stereocenters. The van der Waals surface area contributed by atoms with Crippen LogP contribution in [0.3, 0.4) is 0 Å². The van der Waals surface area contributed by atoms with Gasteiger partial charge >= 0.3 is 0 Å². The highest BCUT2D eigenvalue weighted by molar-refractivity contribution is 7.09. The second kappa shape index (κ2) is 10.6. The van der Waals surface area contributed by atoms with Gasteiger partial charge in [-0.1, -0.05) is 6.92 Å². The molecule has 24 heavy (non-hydrogen) atoms. The number of hydrogen-bond acceptors (Lipinski definition) is 5. The lowest BCUT2D eigenvalue weighted by Gasteiger charge is -2.33. The highest BCUT2D eigenvalue weighted by Crippen LogP contribution is 2.29. The number of hydrogen-bond donors (Lipinski definition) is 1. The fraction of sp³-hybridized carbons (Fsp3) is 0.750. The van der Waals surface area contributed by atoms with Gasteiger partial charge in [0.15, 0.2) is 0 Å². The number of nitrogens with one attached hydrogen (secondary N) is 1. The maximum Gasteiger partial charge on any atom is 0.224 e. The Kier molecular flexibility index (Phi) is 9.52. The number of piperidine rings is 1. The van der Waals surface area contributed by atoms with Crippen molar-refractivity contribution in [2.24, 2.45) is 0 Å². The zero-order valence-corrected chi connectivity index (χ0v) is 16.5. The molecule has 5 nitrogen and oxygen atoms in total. The van der Waals surface area contributed by atoms with Crippen LogP contribution in [-0.2, 0) is 16.0 Å². The number of morpholine rings is 1. The van der Waals surface area contributed by atoms with Crippen LogP contribution < -0.4 is 5.32 Å². The molecule has 2 atom stereocenters. The normalized spacial score (nSPS) is 24.0. The minimum Gasteiger partial charge on any atom is -0.378 e. The first kappa shape index (κ1) is 21.6. The van der Waals surface area contributed by atoms with Crippen molar-refractivity contribution in [3.63, 3.8) is 0 Å². The number of likely N-dealkylation sites (tertiary alicyclic amines) is 1. The predicted molar refractivity (Wildman–Crippen MR) is 102 cm³/mol. The van der Waals surface area contributed by atoms with Crippen molar-refractivity contribution in [2.75, 3.05) is 32.8 Å². The van der Waals surface area contributed by atoms with Crippen molar-refractivity contribution < 1.29 is 9.53 Å². The molecular weight excluding hydrogens is 369 g/mol. The Balaban J connectivity index is 0.00000144. The van der Waals surface area contributed by atoms with Crippen LogP contribution in [0.15, 0.2) is 5.38 Å². The van der Waals surface area contributed by atoms with E-state index < -0.39 is 0 Å². The zero-order chi connectivity index (χ0) is 15.4. The zero-order valence-electron chi connectivity index (χ0n) is 14.0. The van der Waals surface area contributed by atoms with Gasteiger partial charge in [0.1, 0.15) is 0 Å². The second-order valence-corrected chi connectivity index (χ2v) is 7.03. The molecule has 3 rings (SSSR count). The lowest BCUT2D eigenvalue weighted by molar-refractivity contribution is -0.133. The van der Waals surface area contributed by atoms with E-state index in [1.165, 1.54) is 10.7 Å². The quantitative estimate of drug-likeness (QED) is 0.850. The Labute approximate surface area is 160 Å². The summed E-state index contributed by atoms with van der Waals surface area (Å²) in [5, 5.41) is 6.71. The molecule has 0 saturated carbocycles. The number of halogens is 2. The Morgan fingerprint density at radius 1 is 1.50 bits per heavy atom. The monoisotopic (exact) mass is 395 g/mol. The topological polar surface area (TPSA) is 54.5 Å². The molecule has 1 aromatic rings. The van der Waals surface area contributed by atoms with Crippen molar-refractivity contribution in [3.8, 4) is 0 Å². The number of nitrogens with zero attached hydrogens (tertiary/aromatic N) is 2. The summed E-state index contributed by atoms with van der Waals surface area (Å²) in [4.78, 5) is 19.3. The average Bonchev–Trinajstić information content (AvgIpc) is 3.05. The van der Waals surface area contributed by atoms with Gasteiger partial charge in [0.05, 0.1) is 23.9 Å². The predicted octanol–water partition coefficient (Wildman–Crippen LogP) is 2.63. The molecule has 1 aromatic heterocycles. The molecule has 1 N–H and O–H groups in total. The van der Waals surface area contributed by atoms with E-state index in [2.05, 4.69) is 17.6 Å². The molecule has 2 fully saturated rings. The fourth-order valence-corrected chi connectivity index (χ4v) is 4.20. The van der Waals surface area contributed by atoms with Gasteiger partial charge in [0.25, 0.3) is 0 Å². The molecule has 8 heteroatoms. The number of rotatable bonds is 4. The van der Waals surface area contributed by atoms with Crippen molar-refractivity contribution >= 4 is 42.1 Å². The molecule has 3 heterocycles. The van der Waals surface area contributed by atoms with E-state index in [9.17, 15) is 4.79 Å². The van der Waals surface area contributed by atoms with Crippen molar-refractivity contribution in [1.82, 2.24) is 15.2 Å². The molecule has 0 aliphatic carbocycles. The summed E-state index contributed by atoms with van der Waals surface area (Å²) in [7, 11) is 0. The summed E-state index contributed by atoms with van der Waals surface area (Å²) < 4.78 is 5.43. The molecule has 0 spiro atoms. The highest BCUT2D eigenvalue weighted by atomic mass is 35.5. The van der Waals surface area contributed by atoms with Crippen LogP contribution in [-0.4, -0.2) is 54.7 Å². The van der Waals surface area contributed by atoms with Crippen molar-refractivity contribution in [3.05, 3.63) is 16.1 Å². The van der Waals surface area contributed by atoms with E-state index in [1.54, 1.807) is 11.3 Å². The van der Waals surface area contributed by atoms with Crippen LogP contribution in [0.5, 0.6) is 0 Å². The number of carbonyl (C=O) groups excluding carboxylic acids is 1. The van der Waals surface area contributed by atoms with Gasteiger partial charge in [0, 0.05) is 43.4 Å². The number of aryl methyl sites for hydroxylation is 1. The van der Waals surface area contributed by atoms with E-state index in [1.807, 2.05) is 4.90 Å². The maximum absolute atomic E-state index is 12.5. The summed E-state index contributed by atoms with van der Waals surface area (Å²) >= 11 is 1.75. The summed E-state index contributed by atoms with van der Waals surface area (Å²) in [5.41, 5.74) is 1.17. The maximum atomic E-state index is 12.5. The van der Waals surface area contributed by atoms with E-state index in [0.717, 1.165) is 45.5 Å². The molecule has 2 saturated heterocycles. The minimum atomic E-state index is 0. The molecule has 1 amide bonds. The number of amides is 1. The second-order valence-electron chi connectivity index (χ2n) is 6.14. The van der Waals surface area contributed by atoms with Crippen LogP contribution in [0.2, 0.25) is 0 Å². The van der Waals surface area contributed by atoms with E-state index in [-0.39, 0.29) is 36.8 Å². The van der Waals surface area contributed by atoms with Gasteiger partial charge in [-0.25, -0.2) is 4.98 Å². The number of carbonyl (C=O) groups is 1. The minimum absolute atomic E-state index is 0. The van der Waals surface area contributed by atoms with Gasteiger partial charge in [-0.05, 0) is 19.3 Å².